The molecule has 1 aromatic heterocycles. The van der Waals surface area contributed by atoms with Crippen LogP contribution in [0.3, 0.4) is 0 Å². The number of rotatable bonds is 4. The van der Waals surface area contributed by atoms with E-state index in [1.54, 1.807) is 13.1 Å². The predicted molar refractivity (Wildman–Crippen MR) is 57.3 cm³/mol. The summed E-state index contributed by atoms with van der Waals surface area (Å²) in [6.45, 7) is 1.88. The summed E-state index contributed by atoms with van der Waals surface area (Å²) in [4.78, 5) is 3.96. The Bertz CT molecular complexity index is 347. The second kappa shape index (κ2) is 6.83. The minimum Gasteiger partial charge on any atom is -0.506 e. The molecular weight excluding hydrogens is 249 g/mol. The molecule has 0 fully saturated rings. The third kappa shape index (κ3) is 3.43. The van der Waals surface area contributed by atoms with Gasteiger partial charge in [0.1, 0.15) is 5.75 Å². The first-order valence-electron chi connectivity index (χ1n) is 4.83. The summed E-state index contributed by atoms with van der Waals surface area (Å²) < 4.78 is 0. The molecule has 1 aromatic rings. The van der Waals surface area contributed by atoms with E-state index in [1.807, 2.05) is 0 Å². The maximum atomic E-state index is 9.78. The van der Waals surface area contributed by atoms with Gasteiger partial charge in [0.15, 0.2) is 0 Å². The van der Waals surface area contributed by atoms with Crippen LogP contribution in [0.15, 0.2) is 6.20 Å². The van der Waals surface area contributed by atoms with E-state index >= 15 is 0 Å². The average Bonchev–Trinajstić information content (AvgIpc) is 2.25. The Hall–Kier alpha value is -0.651. The smallest absolute Gasteiger partial charge is 0.140 e. The van der Waals surface area contributed by atoms with Crippen LogP contribution in [0.25, 0.3) is 0 Å². The number of pyridine rings is 1. The molecular formula is C10H17MnN3O2. The van der Waals surface area contributed by atoms with Gasteiger partial charge in [-0.1, -0.05) is 0 Å². The molecule has 0 aliphatic carbocycles. The van der Waals surface area contributed by atoms with Crippen LogP contribution >= 0.6 is 0 Å². The zero-order valence-electron chi connectivity index (χ0n) is 9.15. The van der Waals surface area contributed by atoms with E-state index in [9.17, 15) is 5.11 Å². The van der Waals surface area contributed by atoms with Gasteiger partial charge in [-0.2, -0.15) is 0 Å². The molecule has 0 aromatic carbocycles. The Labute approximate surface area is 105 Å². The zero-order chi connectivity index (χ0) is 11.4. The van der Waals surface area contributed by atoms with Crippen LogP contribution in [0.4, 0.5) is 0 Å². The van der Waals surface area contributed by atoms with Gasteiger partial charge in [-0.25, -0.2) is 0 Å². The Morgan fingerprint density at radius 2 is 2.12 bits per heavy atom. The molecule has 0 saturated carbocycles. The third-order valence-corrected chi connectivity index (χ3v) is 2.37. The van der Waals surface area contributed by atoms with Crippen molar-refractivity contribution in [3.8, 4) is 5.75 Å². The van der Waals surface area contributed by atoms with Crippen molar-refractivity contribution < 1.29 is 27.3 Å². The van der Waals surface area contributed by atoms with Crippen LogP contribution in [-0.4, -0.2) is 27.8 Å². The zero-order valence-corrected chi connectivity index (χ0v) is 10.3. The van der Waals surface area contributed by atoms with Crippen LogP contribution in [-0.2, 0) is 30.1 Å². The third-order valence-electron chi connectivity index (χ3n) is 2.37. The summed E-state index contributed by atoms with van der Waals surface area (Å²) in [5.41, 5.74) is 12.9. The molecule has 0 saturated heterocycles. The quantitative estimate of drug-likeness (QED) is 0.545. The standard InChI is InChI=1S/C10H17N3O2.Mn/c1-6-10(15)9(2-8(12)3-11)7(5-14)4-13-6;/h4,8,14-15H,2-3,5,11-12H2,1H3;. The first-order chi connectivity index (χ1) is 7.10. The minimum absolute atomic E-state index is 0. The Kier molecular flexibility index (Phi) is 6.55. The number of aliphatic hydroxyl groups excluding tert-OH is 1. The van der Waals surface area contributed by atoms with Crippen molar-refractivity contribution in [3.63, 3.8) is 0 Å². The summed E-state index contributed by atoms with van der Waals surface area (Å²) in [6, 6.07) is -0.219. The van der Waals surface area contributed by atoms with Crippen molar-refractivity contribution in [2.75, 3.05) is 6.54 Å². The molecule has 1 unspecified atom stereocenters. The summed E-state index contributed by atoms with van der Waals surface area (Å²) in [5.74, 6) is 0.102. The SMILES string of the molecule is Cc1ncc(CO)c(CC(N)CN)c1O.[Mn]. The van der Waals surface area contributed by atoms with Crippen molar-refractivity contribution in [2.45, 2.75) is 26.0 Å². The van der Waals surface area contributed by atoms with Crippen molar-refractivity contribution in [2.24, 2.45) is 11.5 Å². The van der Waals surface area contributed by atoms with Crippen molar-refractivity contribution in [3.05, 3.63) is 23.0 Å². The second-order valence-corrected chi connectivity index (χ2v) is 3.55. The molecule has 1 atom stereocenters. The molecule has 16 heavy (non-hydrogen) atoms. The summed E-state index contributed by atoms with van der Waals surface area (Å²) in [5, 5.41) is 18.9. The number of hydrogen-bond acceptors (Lipinski definition) is 5. The van der Waals surface area contributed by atoms with Crippen LogP contribution in [0, 0.1) is 6.92 Å². The average molecular weight is 266 g/mol. The summed E-state index contributed by atoms with van der Waals surface area (Å²) >= 11 is 0. The van der Waals surface area contributed by atoms with E-state index in [2.05, 4.69) is 4.98 Å². The fraction of sp³-hybridized carbons (Fsp3) is 0.500. The number of nitrogens with zero attached hydrogens (tertiary/aromatic N) is 1. The van der Waals surface area contributed by atoms with Gasteiger partial charge >= 0.3 is 0 Å². The van der Waals surface area contributed by atoms with E-state index in [1.165, 1.54) is 0 Å². The molecule has 6 heteroatoms. The first-order valence-corrected chi connectivity index (χ1v) is 4.83. The molecule has 5 nitrogen and oxygen atoms in total. The van der Waals surface area contributed by atoms with Gasteiger partial charge in [-0.15, -0.1) is 0 Å². The first kappa shape index (κ1) is 15.3. The molecule has 0 aliphatic rings. The van der Waals surface area contributed by atoms with E-state index in [-0.39, 0.29) is 35.5 Å². The van der Waals surface area contributed by atoms with Gasteiger partial charge in [0, 0.05) is 47.0 Å². The Morgan fingerprint density at radius 1 is 1.50 bits per heavy atom. The number of hydrogen-bond donors (Lipinski definition) is 4. The van der Waals surface area contributed by atoms with Crippen molar-refractivity contribution in [1.29, 1.82) is 0 Å². The maximum absolute atomic E-state index is 9.78. The molecule has 1 rings (SSSR count). The molecule has 0 amide bonds. The molecule has 0 spiro atoms. The van der Waals surface area contributed by atoms with Crippen LogP contribution in [0.5, 0.6) is 5.75 Å². The second-order valence-electron chi connectivity index (χ2n) is 3.55. The van der Waals surface area contributed by atoms with Crippen LogP contribution < -0.4 is 11.5 Å². The summed E-state index contributed by atoms with van der Waals surface area (Å²) in [7, 11) is 0. The fourth-order valence-electron chi connectivity index (χ4n) is 1.39. The van der Waals surface area contributed by atoms with Gasteiger partial charge < -0.3 is 21.7 Å². The van der Waals surface area contributed by atoms with E-state index < -0.39 is 0 Å². The molecule has 0 bridgehead atoms. The number of aromatic hydroxyl groups is 1. The molecule has 0 aliphatic heterocycles. The molecule has 6 N–H and O–H groups in total. The predicted octanol–water partition coefficient (Wildman–Crippen LogP) is -0.586. The number of aryl methyl sites for hydroxylation is 1. The van der Waals surface area contributed by atoms with Crippen LogP contribution in [0.1, 0.15) is 16.8 Å². The van der Waals surface area contributed by atoms with Gasteiger partial charge in [0.25, 0.3) is 0 Å². The van der Waals surface area contributed by atoms with Crippen LogP contribution in [0.2, 0.25) is 0 Å². The summed E-state index contributed by atoms with van der Waals surface area (Å²) in [6.07, 6.45) is 2.00. The maximum Gasteiger partial charge on any atom is 0.140 e. The van der Waals surface area contributed by atoms with Crippen molar-refractivity contribution >= 4 is 0 Å². The van der Waals surface area contributed by atoms with E-state index in [0.29, 0.717) is 29.8 Å². The van der Waals surface area contributed by atoms with Crippen molar-refractivity contribution in [1.82, 2.24) is 4.98 Å². The topological polar surface area (TPSA) is 105 Å². The molecule has 91 valence electrons. The monoisotopic (exact) mass is 266 g/mol. The Balaban J connectivity index is 0.00000225. The van der Waals surface area contributed by atoms with E-state index in [4.69, 9.17) is 16.6 Å². The Morgan fingerprint density at radius 3 is 2.62 bits per heavy atom. The number of aliphatic hydroxyl groups is 1. The van der Waals surface area contributed by atoms with E-state index in [0.717, 1.165) is 0 Å². The van der Waals surface area contributed by atoms with Gasteiger partial charge in [-0.05, 0) is 13.3 Å². The number of aromatic nitrogens is 1. The normalized spacial score (nSPS) is 12.0. The fourth-order valence-corrected chi connectivity index (χ4v) is 1.39. The largest absolute Gasteiger partial charge is 0.506 e. The molecule has 1 heterocycles. The number of nitrogens with two attached hydrogens (primary N) is 2. The molecule has 1 radical (unpaired) electrons. The van der Waals surface area contributed by atoms with Gasteiger partial charge in [0.05, 0.1) is 12.3 Å². The van der Waals surface area contributed by atoms with Gasteiger partial charge in [0.2, 0.25) is 0 Å². The minimum atomic E-state index is -0.219. The van der Waals surface area contributed by atoms with Gasteiger partial charge in [-0.3, -0.25) is 4.98 Å².